The van der Waals surface area contributed by atoms with Crippen LogP contribution < -0.4 is 5.32 Å². The lowest BCUT2D eigenvalue weighted by atomic mass is 10.1. The van der Waals surface area contributed by atoms with Crippen molar-refractivity contribution in [3.8, 4) is 0 Å². The topological polar surface area (TPSA) is 71.2 Å². The minimum Gasteiger partial charge on any atom is -0.467 e. The van der Waals surface area contributed by atoms with Crippen molar-refractivity contribution in [3.05, 3.63) is 41.4 Å². The van der Waals surface area contributed by atoms with Crippen LogP contribution in [0, 0.1) is 0 Å². The van der Waals surface area contributed by atoms with Gasteiger partial charge in [0.15, 0.2) is 0 Å². The van der Waals surface area contributed by atoms with E-state index in [1.165, 1.54) is 0 Å². The van der Waals surface area contributed by atoms with Gasteiger partial charge >= 0.3 is 0 Å². The van der Waals surface area contributed by atoms with Gasteiger partial charge in [-0.05, 0) is 30.5 Å². The zero-order valence-corrected chi connectivity index (χ0v) is 13.4. The predicted molar refractivity (Wildman–Crippen MR) is 88.2 cm³/mol. The number of rotatable bonds is 6. The molecule has 0 saturated heterocycles. The summed E-state index contributed by atoms with van der Waals surface area (Å²) in [5.74, 6) is 2.25. The summed E-state index contributed by atoms with van der Waals surface area (Å²) in [6.45, 7) is 4.07. The van der Waals surface area contributed by atoms with Crippen molar-refractivity contribution >= 4 is 27.4 Å². The minimum atomic E-state index is -0.622. The third-order valence-electron chi connectivity index (χ3n) is 3.52. The van der Waals surface area contributed by atoms with Crippen molar-refractivity contribution in [2.75, 3.05) is 5.32 Å². The molecular weight excluding hydrogens is 298 g/mol. The summed E-state index contributed by atoms with van der Waals surface area (Å²) < 4.78 is 5.24. The lowest BCUT2D eigenvalue weighted by Crippen LogP contribution is -2.20. The van der Waals surface area contributed by atoms with E-state index in [1.807, 2.05) is 25.3 Å². The molecule has 6 heteroatoms. The molecular formula is C16H19N3O2S. The second kappa shape index (κ2) is 6.46. The van der Waals surface area contributed by atoms with E-state index in [9.17, 15) is 5.11 Å². The summed E-state index contributed by atoms with van der Waals surface area (Å²) >= 11 is 1.61. The molecule has 0 saturated carbocycles. The molecule has 0 spiro atoms. The summed E-state index contributed by atoms with van der Waals surface area (Å²) in [7, 11) is 0. The molecule has 0 aliphatic rings. The van der Waals surface area contributed by atoms with Gasteiger partial charge in [0.25, 0.3) is 0 Å². The maximum atomic E-state index is 10.2. The van der Waals surface area contributed by atoms with E-state index in [4.69, 9.17) is 4.42 Å². The number of hydrogen-bond donors (Lipinski definition) is 2. The Morgan fingerprint density at radius 2 is 2.23 bits per heavy atom. The molecule has 2 unspecified atom stereocenters. The molecule has 0 radical (unpaired) electrons. The van der Waals surface area contributed by atoms with E-state index in [-0.39, 0.29) is 6.04 Å². The fraction of sp³-hybridized carbons (Fsp3) is 0.375. The van der Waals surface area contributed by atoms with E-state index < -0.39 is 6.10 Å². The maximum Gasteiger partial charge on any atom is 0.138 e. The van der Waals surface area contributed by atoms with Gasteiger partial charge in [-0.25, -0.2) is 9.97 Å². The largest absolute Gasteiger partial charge is 0.467 e. The Morgan fingerprint density at radius 1 is 1.36 bits per heavy atom. The van der Waals surface area contributed by atoms with Crippen LogP contribution in [0.25, 0.3) is 10.2 Å². The number of aliphatic hydroxyl groups is 1. The van der Waals surface area contributed by atoms with Gasteiger partial charge < -0.3 is 14.8 Å². The van der Waals surface area contributed by atoms with Crippen molar-refractivity contribution in [3.63, 3.8) is 0 Å². The van der Waals surface area contributed by atoms with Crippen LogP contribution in [-0.4, -0.2) is 21.1 Å². The quantitative estimate of drug-likeness (QED) is 0.724. The standard InChI is InChI=1S/C16H19N3O2S/c1-3-14-18-15(11-6-8-22-16(11)19-14)17-10(2)9-12(20)13-5-4-7-21-13/h4-8,10,12,20H,3,9H2,1-2H3,(H,17,18,19). The van der Waals surface area contributed by atoms with Crippen LogP contribution in [0.4, 0.5) is 5.82 Å². The fourth-order valence-corrected chi connectivity index (χ4v) is 3.17. The van der Waals surface area contributed by atoms with Gasteiger partial charge in [0.1, 0.15) is 28.3 Å². The van der Waals surface area contributed by atoms with Gasteiger partial charge in [0.2, 0.25) is 0 Å². The zero-order chi connectivity index (χ0) is 15.5. The van der Waals surface area contributed by atoms with Gasteiger partial charge in [-0.3, -0.25) is 0 Å². The molecule has 2 N–H and O–H groups in total. The second-order valence-corrected chi connectivity index (χ2v) is 6.19. The van der Waals surface area contributed by atoms with Gasteiger partial charge in [0.05, 0.1) is 11.6 Å². The minimum absolute atomic E-state index is 0.0582. The highest BCUT2D eigenvalue weighted by atomic mass is 32.1. The molecule has 0 bridgehead atoms. The Hall–Kier alpha value is -1.92. The highest BCUT2D eigenvalue weighted by Crippen LogP contribution is 2.27. The molecule has 0 aliphatic carbocycles. The van der Waals surface area contributed by atoms with Crippen molar-refractivity contribution in [2.24, 2.45) is 0 Å². The van der Waals surface area contributed by atoms with Crippen molar-refractivity contribution in [1.82, 2.24) is 9.97 Å². The van der Waals surface area contributed by atoms with Crippen LogP contribution in [0.1, 0.15) is 38.0 Å². The van der Waals surface area contributed by atoms with Crippen LogP contribution in [0.3, 0.4) is 0 Å². The fourth-order valence-electron chi connectivity index (χ4n) is 2.39. The Balaban J connectivity index is 1.76. The van der Waals surface area contributed by atoms with E-state index >= 15 is 0 Å². The lowest BCUT2D eigenvalue weighted by Gasteiger charge is -2.18. The molecule has 0 fully saturated rings. The Morgan fingerprint density at radius 3 is 2.95 bits per heavy atom. The lowest BCUT2D eigenvalue weighted by molar-refractivity contribution is 0.136. The average molecular weight is 317 g/mol. The molecule has 0 aromatic carbocycles. The summed E-state index contributed by atoms with van der Waals surface area (Å²) in [5.41, 5.74) is 0. The number of aliphatic hydroxyl groups excluding tert-OH is 1. The number of fused-ring (bicyclic) bond motifs is 1. The Bertz CT molecular complexity index is 739. The van der Waals surface area contributed by atoms with Gasteiger partial charge in [0, 0.05) is 18.9 Å². The molecule has 0 aliphatic heterocycles. The normalized spacial score (nSPS) is 14.1. The van der Waals surface area contributed by atoms with Crippen LogP contribution in [0.15, 0.2) is 34.3 Å². The highest BCUT2D eigenvalue weighted by Gasteiger charge is 2.16. The third-order valence-corrected chi connectivity index (χ3v) is 4.33. The molecule has 5 nitrogen and oxygen atoms in total. The van der Waals surface area contributed by atoms with Gasteiger partial charge in [-0.2, -0.15) is 0 Å². The second-order valence-electron chi connectivity index (χ2n) is 5.29. The number of nitrogens with zero attached hydrogens (tertiary/aromatic N) is 2. The van der Waals surface area contributed by atoms with Crippen LogP contribution >= 0.6 is 11.3 Å². The van der Waals surface area contributed by atoms with Crippen LogP contribution in [0.2, 0.25) is 0 Å². The molecule has 0 amide bonds. The Kier molecular flexibility index (Phi) is 4.40. The predicted octanol–water partition coefficient (Wildman–Crippen LogP) is 3.77. The third kappa shape index (κ3) is 3.13. The summed E-state index contributed by atoms with van der Waals surface area (Å²) in [6, 6.07) is 5.65. The van der Waals surface area contributed by atoms with Crippen molar-refractivity contribution in [1.29, 1.82) is 0 Å². The van der Waals surface area contributed by atoms with Crippen LogP contribution in [0.5, 0.6) is 0 Å². The SMILES string of the molecule is CCc1nc(NC(C)CC(O)c2ccco2)c2ccsc2n1. The van der Waals surface area contributed by atoms with E-state index in [0.29, 0.717) is 12.2 Å². The average Bonchev–Trinajstić information content (AvgIpc) is 3.18. The first-order valence-electron chi connectivity index (χ1n) is 7.39. The highest BCUT2D eigenvalue weighted by molar-refractivity contribution is 7.16. The number of thiophene rings is 1. The number of hydrogen-bond acceptors (Lipinski definition) is 6. The number of aryl methyl sites for hydroxylation is 1. The first kappa shape index (κ1) is 15.0. The molecule has 3 rings (SSSR count). The van der Waals surface area contributed by atoms with Crippen LogP contribution in [-0.2, 0) is 6.42 Å². The smallest absolute Gasteiger partial charge is 0.138 e. The van der Waals surface area contributed by atoms with E-state index in [2.05, 4.69) is 15.3 Å². The monoisotopic (exact) mass is 317 g/mol. The number of anilines is 1. The van der Waals surface area contributed by atoms with Gasteiger partial charge in [-0.1, -0.05) is 6.92 Å². The van der Waals surface area contributed by atoms with Gasteiger partial charge in [-0.15, -0.1) is 11.3 Å². The molecule has 22 heavy (non-hydrogen) atoms. The van der Waals surface area contributed by atoms with E-state index in [1.54, 1.807) is 29.7 Å². The molecule has 3 aromatic rings. The molecule has 2 atom stereocenters. The van der Waals surface area contributed by atoms with E-state index in [0.717, 1.165) is 28.3 Å². The maximum absolute atomic E-state index is 10.2. The number of furan rings is 1. The van der Waals surface area contributed by atoms with Crippen molar-refractivity contribution < 1.29 is 9.52 Å². The summed E-state index contributed by atoms with van der Waals surface area (Å²) in [6.07, 6.45) is 2.29. The number of aromatic nitrogens is 2. The zero-order valence-electron chi connectivity index (χ0n) is 12.6. The number of nitrogens with one attached hydrogen (secondary N) is 1. The summed E-state index contributed by atoms with van der Waals surface area (Å²) in [4.78, 5) is 10.1. The Labute approximate surface area is 133 Å². The molecule has 3 aromatic heterocycles. The van der Waals surface area contributed by atoms with Crippen molar-refractivity contribution in [2.45, 2.75) is 38.8 Å². The molecule has 3 heterocycles. The molecule has 116 valence electrons. The first-order chi connectivity index (χ1) is 10.7. The summed E-state index contributed by atoms with van der Waals surface area (Å²) in [5, 5.41) is 16.6. The first-order valence-corrected chi connectivity index (χ1v) is 8.27.